The molecule has 2 aromatic carbocycles. The number of nitrogens with one attached hydrogen (secondary N) is 1. The minimum Gasteiger partial charge on any atom is -0.369 e. The maximum Gasteiger partial charge on any atom is 0.417 e. The van der Waals surface area contributed by atoms with Crippen LogP contribution in [0.5, 0.6) is 0 Å². The summed E-state index contributed by atoms with van der Waals surface area (Å²) in [4.78, 5) is 4.02. The number of aryl methyl sites for hydroxylation is 1. The average molecular weight is 386 g/mol. The van der Waals surface area contributed by atoms with Gasteiger partial charge in [0.05, 0.1) is 15.7 Å². The Labute approximate surface area is 140 Å². The quantitative estimate of drug-likeness (QED) is 0.571. The van der Waals surface area contributed by atoms with Crippen molar-refractivity contribution in [2.75, 3.05) is 5.32 Å². The third kappa shape index (κ3) is 4.48. The third-order valence-corrected chi connectivity index (χ3v) is 3.97. The molecule has 3 N–H and O–H groups in total. The number of hydrogen-bond acceptors (Lipinski definition) is 1. The fourth-order valence-corrected chi connectivity index (χ4v) is 2.58. The third-order valence-electron chi connectivity index (χ3n) is 3.13. The van der Waals surface area contributed by atoms with Crippen LogP contribution in [-0.4, -0.2) is 5.96 Å². The van der Waals surface area contributed by atoms with E-state index in [0.717, 1.165) is 23.7 Å². The number of benzene rings is 2. The van der Waals surface area contributed by atoms with Crippen molar-refractivity contribution in [3.8, 4) is 0 Å². The van der Waals surface area contributed by atoms with Gasteiger partial charge in [0.15, 0.2) is 5.96 Å². The highest BCUT2D eigenvalue weighted by atomic mass is 79.9. The van der Waals surface area contributed by atoms with Gasteiger partial charge in [-0.05, 0) is 52.2 Å². The average Bonchev–Trinajstić information content (AvgIpc) is 2.48. The van der Waals surface area contributed by atoms with Crippen LogP contribution in [0.1, 0.15) is 18.1 Å². The highest BCUT2D eigenvalue weighted by Gasteiger charge is 2.33. The van der Waals surface area contributed by atoms with E-state index in [0.29, 0.717) is 0 Å². The van der Waals surface area contributed by atoms with Crippen molar-refractivity contribution in [3.05, 3.63) is 58.1 Å². The molecule has 0 bridgehead atoms. The van der Waals surface area contributed by atoms with Gasteiger partial charge in [0, 0.05) is 5.69 Å². The zero-order chi connectivity index (χ0) is 17.0. The molecular formula is C16H15BrF3N3. The zero-order valence-corrected chi connectivity index (χ0v) is 13.9. The van der Waals surface area contributed by atoms with E-state index < -0.39 is 11.7 Å². The number of rotatable bonds is 3. The molecule has 0 aliphatic carbocycles. The van der Waals surface area contributed by atoms with Crippen molar-refractivity contribution in [1.82, 2.24) is 0 Å². The van der Waals surface area contributed by atoms with Gasteiger partial charge >= 0.3 is 6.18 Å². The molecule has 122 valence electrons. The summed E-state index contributed by atoms with van der Waals surface area (Å²) in [5.41, 5.74) is 6.95. The molecule has 7 heteroatoms. The van der Waals surface area contributed by atoms with E-state index in [4.69, 9.17) is 5.73 Å². The van der Waals surface area contributed by atoms with Crippen LogP contribution in [0.25, 0.3) is 0 Å². The molecule has 0 amide bonds. The van der Waals surface area contributed by atoms with Crippen molar-refractivity contribution in [1.29, 1.82) is 0 Å². The molecular weight excluding hydrogens is 371 g/mol. The summed E-state index contributed by atoms with van der Waals surface area (Å²) >= 11 is 2.94. The van der Waals surface area contributed by atoms with E-state index in [2.05, 4.69) is 26.2 Å². The Hall–Kier alpha value is -2.02. The van der Waals surface area contributed by atoms with E-state index in [-0.39, 0.29) is 16.1 Å². The van der Waals surface area contributed by atoms with Crippen molar-refractivity contribution >= 4 is 33.3 Å². The number of alkyl halides is 3. The summed E-state index contributed by atoms with van der Waals surface area (Å²) in [6.07, 6.45) is -3.59. The van der Waals surface area contributed by atoms with Crippen molar-refractivity contribution in [2.45, 2.75) is 19.5 Å². The molecule has 23 heavy (non-hydrogen) atoms. The Morgan fingerprint density at radius 3 is 2.57 bits per heavy atom. The summed E-state index contributed by atoms with van der Waals surface area (Å²) < 4.78 is 38.5. The SMILES string of the molecule is CCc1cccc(NC(N)=Nc2cccc(C(F)(F)F)c2Br)c1. The Morgan fingerprint density at radius 1 is 1.22 bits per heavy atom. The molecule has 0 fully saturated rings. The first-order valence-electron chi connectivity index (χ1n) is 6.87. The Morgan fingerprint density at radius 2 is 1.91 bits per heavy atom. The Kier molecular flexibility index (Phi) is 5.30. The number of guanidine groups is 1. The first-order valence-corrected chi connectivity index (χ1v) is 7.66. The van der Waals surface area contributed by atoms with Gasteiger partial charge in [0.2, 0.25) is 0 Å². The van der Waals surface area contributed by atoms with Crippen LogP contribution in [0.3, 0.4) is 0 Å². The highest BCUT2D eigenvalue weighted by Crippen LogP contribution is 2.39. The molecule has 0 saturated heterocycles. The molecule has 0 radical (unpaired) electrons. The van der Waals surface area contributed by atoms with E-state index in [1.807, 2.05) is 31.2 Å². The van der Waals surface area contributed by atoms with Gasteiger partial charge in [0.1, 0.15) is 0 Å². The lowest BCUT2D eigenvalue weighted by Crippen LogP contribution is -2.22. The van der Waals surface area contributed by atoms with Crippen LogP contribution in [-0.2, 0) is 12.6 Å². The molecule has 0 unspecified atom stereocenters. The molecule has 3 nitrogen and oxygen atoms in total. The Bertz CT molecular complexity index is 727. The molecule has 0 atom stereocenters. The fourth-order valence-electron chi connectivity index (χ4n) is 2.00. The molecule has 0 spiro atoms. The van der Waals surface area contributed by atoms with Gasteiger partial charge in [-0.1, -0.05) is 25.1 Å². The maximum absolute atomic E-state index is 12.9. The first kappa shape index (κ1) is 17.3. The lowest BCUT2D eigenvalue weighted by atomic mass is 10.1. The van der Waals surface area contributed by atoms with Gasteiger partial charge in [-0.25, -0.2) is 4.99 Å². The van der Waals surface area contributed by atoms with Crippen molar-refractivity contribution < 1.29 is 13.2 Å². The summed E-state index contributed by atoms with van der Waals surface area (Å²) in [5.74, 6) is 0.0123. The minimum atomic E-state index is -4.46. The van der Waals surface area contributed by atoms with Gasteiger partial charge < -0.3 is 11.1 Å². The molecule has 2 rings (SSSR count). The van der Waals surface area contributed by atoms with Crippen LogP contribution < -0.4 is 11.1 Å². The van der Waals surface area contributed by atoms with Crippen LogP contribution >= 0.6 is 15.9 Å². The maximum atomic E-state index is 12.9. The number of anilines is 1. The predicted octanol–water partition coefficient (Wildman–Crippen LogP) is 5.09. The molecule has 0 aromatic heterocycles. The van der Waals surface area contributed by atoms with E-state index >= 15 is 0 Å². The smallest absolute Gasteiger partial charge is 0.369 e. The second kappa shape index (κ2) is 7.04. The number of hydrogen-bond donors (Lipinski definition) is 2. The molecule has 0 aliphatic heterocycles. The van der Waals surface area contributed by atoms with Gasteiger partial charge in [-0.2, -0.15) is 13.2 Å². The monoisotopic (exact) mass is 385 g/mol. The van der Waals surface area contributed by atoms with E-state index in [1.54, 1.807) is 0 Å². The normalized spacial score (nSPS) is 12.3. The molecule has 0 heterocycles. The predicted molar refractivity (Wildman–Crippen MR) is 89.9 cm³/mol. The number of nitrogens with two attached hydrogens (primary N) is 1. The summed E-state index contributed by atoms with van der Waals surface area (Å²) in [6.45, 7) is 2.02. The van der Waals surface area contributed by atoms with Crippen molar-refractivity contribution in [3.63, 3.8) is 0 Å². The van der Waals surface area contributed by atoms with Gasteiger partial charge in [-0.3, -0.25) is 0 Å². The van der Waals surface area contributed by atoms with Crippen LogP contribution in [0.15, 0.2) is 51.9 Å². The first-order chi connectivity index (χ1) is 10.8. The van der Waals surface area contributed by atoms with E-state index in [1.165, 1.54) is 12.1 Å². The number of nitrogens with zero attached hydrogens (tertiary/aromatic N) is 1. The lowest BCUT2D eigenvalue weighted by Gasteiger charge is -2.11. The van der Waals surface area contributed by atoms with Crippen LogP contribution in [0.4, 0.5) is 24.5 Å². The van der Waals surface area contributed by atoms with Crippen LogP contribution in [0, 0.1) is 0 Å². The fraction of sp³-hybridized carbons (Fsp3) is 0.188. The summed E-state index contributed by atoms with van der Waals surface area (Å²) in [5, 5.41) is 2.88. The Balaban J connectivity index is 2.27. The number of halogens is 4. The highest BCUT2D eigenvalue weighted by molar-refractivity contribution is 9.10. The van der Waals surface area contributed by atoms with E-state index in [9.17, 15) is 13.2 Å². The zero-order valence-electron chi connectivity index (χ0n) is 12.3. The molecule has 0 saturated carbocycles. The summed E-state index contributed by atoms with van der Waals surface area (Å²) in [6, 6.07) is 11.3. The minimum absolute atomic E-state index is 0.0123. The lowest BCUT2D eigenvalue weighted by molar-refractivity contribution is -0.138. The second-order valence-corrected chi connectivity index (χ2v) is 5.61. The van der Waals surface area contributed by atoms with Gasteiger partial charge in [0.25, 0.3) is 0 Å². The standard InChI is InChI=1S/C16H15BrF3N3/c1-2-10-5-3-6-11(9-10)22-15(21)23-13-8-4-7-12(14(13)17)16(18,19)20/h3-9H,2H2,1H3,(H3,21,22,23). The largest absolute Gasteiger partial charge is 0.417 e. The van der Waals surface area contributed by atoms with Crippen LogP contribution in [0.2, 0.25) is 0 Å². The topological polar surface area (TPSA) is 50.4 Å². The van der Waals surface area contributed by atoms with Gasteiger partial charge in [-0.15, -0.1) is 0 Å². The number of aliphatic imine (C=N–C) groups is 1. The second-order valence-electron chi connectivity index (χ2n) is 4.81. The molecule has 0 aliphatic rings. The summed E-state index contributed by atoms with van der Waals surface area (Å²) in [7, 11) is 0. The molecule has 2 aromatic rings. The van der Waals surface area contributed by atoms with Crippen molar-refractivity contribution in [2.24, 2.45) is 10.7 Å².